The van der Waals surface area contributed by atoms with Gasteiger partial charge < -0.3 is 9.29 Å². The second kappa shape index (κ2) is 8.00. The van der Waals surface area contributed by atoms with Crippen LogP contribution in [0.15, 0.2) is 18.2 Å². The number of rotatable bonds is 2. The van der Waals surface area contributed by atoms with Gasteiger partial charge in [-0.1, -0.05) is 13.0 Å². The zero-order valence-electron chi connectivity index (χ0n) is 15.5. The highest BCUT2D eigenvalue weighted by Crippen LogP contribution is 2.60. The first kappa shape index (κ1) is 21.7. The molecule has 0 amide bonds. The first-order valence-electron chi connectivity index (χ1n) is 9.29. The monoisotopic (exact) mass is 434 g/mol. The fourth-order valence-corrected chi connectivity index (χ4v) is 6.05. The van der Waals surface area contributed by atoms with E-state index in [1.807, 2.05) is 6.07 Å². The summed E-state index contributed by atoms with van der Waals surface area (Å²) in [6.45, 7) is 2.25. The van der Waals surface area contributed by atoms with Gasteiger partial charge in [-0.05, 0) is 85.0 Å². The van der Waals surface area contributed by atoms with Crippen molar-refractivity contribution in [2.75, 3.05) is 0 Å². The summed E-state index contributed by atoms with van der Waals surface area (Å²) in [4.78, 5) is 0. The maximum Gasteiger partial charge on any atom is 0.446 e. The van der Waals surface area contributed by atoms with Crippen molar-refractivity contribution >= 4 is 21.8 Å². The fourth-order valence-electron chi connectivity index (χ4n) is 5.70. The number of fused-ring (bicyclic) bond motifs is 5. The fraction of sp³-hybridized carbons (Fsp3) is 0.667. The molecular formula is C18H26O8S2. The van der Waals surface area contributed by atoms with Crippen molar-refractivity contribution in [1.29, 1.82) is 0 Å². The van der Waals surface area contributed by atoms with E-state index >= 15 is 0 Å². The minimum atomic E-state index is -4.48. The number of aliphatic hydroxyl groups is 1. The van der Waals surface area contributed by atoms with Crippen LogP contribution >= 0.6 is 0 Å². The Morgan fingerprint density at radius 2 is 1.86 bits per heavy atom. The number of benzene rings is 1. The van der Waals surface area contributed by atoms with Gasteiger partial charge in [-0.2, -0.15) is 12.6 Å². The molecule has 0 spiro atoms. The molecule has 0 aliphatic heterocycles. The molecule has 4 rings (SSSR count). The average molecular weight is 435 g/mol. The Hall–Kier alpha value is -1.04. The Balaban J connectivity index is 0.000000516. The molecule has 3 aliphatic carbocycles. The summed E-state index contributed by atoms with van der Waals surface area (Å²) in [5.41, 5.74) is 2.48. The van der Waals surface area contributed by atoms with E-state index < -0.39 is 21.8 Å². The van der Waals surface area contributed by atoms with Crippen LogP contribution in [-0.2, 0) is 28.2 Å². The Labute approximate surface area is 167 Å². The molecule has 5 atom stereocenters. The van der Waals surface area contributed by atoms with E-state index in [0.717, 1.165) is 44.1 Å². The van der Waals surface area contributed by atoms with Crippen molar-refractivity contribution in [3.8, 4) is 5.75 Å². The van der Waals surface area contributed by atoms with Gasteiger partial charge in [0.05, 0.1) is 6.10 Å². The van der Waals surface area contributed by atoms with Crippen LogP contribution in [0.2, 0.25) is 0 Å². The predicted molar refractivity (Wildman–Crippen MR) is 103 cm³/mol. The maximum atomic E-state index is 10.9. The van der Waals surface area contributed by atoms with Crippen LogP contribution in [0, 0.1) is 17.3 Å². The van der Waals surface area contributed by atoms with Crippen LogP contribution in [0.3, 0.4) is 0 Å². The average Bonchev–Trinajstić information content (AvgIpc) is 2.88. The van der Waals surface area contributed by atoms with Gasteiger partial charge in [-0.15, -0.1) is 0 Å². The number of aryl methyl sites for hydroxylation is 1. The topological polar surface area (TPSA) is 141 Å². The molecule has 0 radical (unpaired) electrons. The molecule has 0 heterocycles. The number of aliphatic hydroxyl groups excluding tert-OH is 1. The lowest BCUT2D eigenvalue weighted by atomic mass is 9.55. The summed E-state index contributed by atoms with van der Waals surface area (Å²) in [5, 5.41) is 10.4. The van der Waals surface area contributed by atoms with Gasteiger partial charge in [-0.25, -0.2) is 0 Å². The largest absolute Gasteiger partial charge is 0.446 e. The summed E-state index contributed by atoms with van der Waals surface area (Å²) in [6.07, 6.45) is 5.93. The van der Waals surface area contributed by atoms with Crippen molar-refractivity contribution in [1.82, 2.24) is 0 Å². The molecule has 3 aliphatic rings. The molecule has 8 nitrogen and oxygen atoms in total. The van der Waals surface area contributed by atoms with Crippen LogP contribution in [0.4, 0.5) is 0 Å². The standard InChI is InChI=1S/C18H24O5S.H2O3S/c1-18-9-8-14-13-5-3-12(23-24(20,21)22)10-11(13)2-4-15(14)16(18)6-7-17(18)19;1-4(2)3/h3,5,10,14-17,19H,2,4,6-9H2,1H3,(H,20,21,22);(H2,1,2,3)/t14-,15-,16+,17+,18+;/m1./s1. The minimum Gasteiger partial charge on any atom is -0.393 e. The van der Waals surface area contributed by atoms with E-state index in [4.69, 9.17) is 17.9 Å². The number of hydrogen-bond acceptors (Lipinski definition) is 5. The van der Waals surface area contributed by atoms with E-state index in [-0.39, 0.29) is 17.3 Å². The summed E-state index contributed by atoms with van der Waals surface area (Å²) >= 11 is -2.61. The third-order valence-electron chi connectivity index (χ3n) is 6.85. The van der Waals surface area contributed by atoms with Crippen molar-refractivity contribution in [2.45, 2.75) is 57.5 Å². The highest BCUT2D eigenvalue weighted by Gasteiger charge is 2.54. The quantitative estimate of drug-likeness (QED) is 0.411. The van der Waals surface area contributed by atoms with Gasteiger partial charge in [-0.3, -0.25) is 13.7 Å². The van der Waals surface area contributed by atoms with Crippen molar-refractivity contribution in [3.05, 3.63) is 29.3 Å². The van der Waals surface area contributed by atoms with Gasteiger partial charge in [0.2, 0.25) is 0 Å². The molecule has 4 N–H and O–H groups in total. The summed E-state index contributed by atoms with van der Waals surface area (Å²) in [7, 11) is -4.48. The molecule has 2 fully saturated rings. The van der Waals surface area contributed by atoms with E-state index in [0.29, 0.717) is 17.8 Å². The molecule has 0 bridgehead atoms. The lowest BCUT2D eigenvalue weighted by Gasteiger charge is -2.50. The Morgan fingerprint density at radius 1 is 1.18 bits per heavy atom. The van der Waals surface area contributed by atoms with Crippen molar-refractivity contribution in [2.24, 2.45) is 17.3 Å². The van der Waals surface area contributed by atoms with Gasteiger partial charge in [0.25, 0.3) is 11.4 Å². The van der Waals surface area contributed by atoms with Crippen molar-refractivity contribution in [3.63, 3.8) is 0 Å². The molecule has 0 aromatic heterocycles. The van der Waals surface area contributed by atoms with Crippen LogP contribution in [-0.4, -0.2) is 37.5 Å². The van der Waals surface area contributed by atoms with E-state index in [9.17, 15) is 13.5 Å². The summed E-state index contributed by atoms with van der Waals surface area (Å²) in [6, 6.07) is 5.34. The lowest BCUT2D eigenvalue weighted by Crippen LogP contribution is -2.43. The van der Waals surface area contributed by atoms with E-state index in [1.54, 1.807) is 12.1 Å². The van der Waals surface area contributed by atoms with Gasteiger partial charge >= 0.3 is 10.4 Å². The molecule has 158 valence electrons. The zero-order valence-corrected chi connectivity index (χ0v) is 17.2. The van der Waals surface area contributed by atoms with Crippen LogP contribution in [0.25, 0.3) is 0 Å². The Kier molecular flexibility index (Phi) is 6.19. The maximum absolute atomic E-state index is 10.9. The third kappa shape index (κ3) is 4.42. The molecule has 10 heteroatoms. The van der Waals surface area contributed by atoms with Gasteiger partial charge in [0.1, 0.15) is 5.75 Å². The predicted octanol–water partition coefficient (Wildman–Crippen LogP) is 2.77. The second-order valence-corrected chi connectivity index (χ2v) is 9.64. The molecule has 1 aromatic rings. The molecule has 28 heavy (non-hydrogen) atoms. The van der Waals surface area contributed by atoms with E-state index in [2.05, 4.69) is 11.1 Å². The van der Waals surface area contributed by atoms with Crippen molar-refractivity contribution < 1.29 is 35.6 Å². The second-order valence-electron chi connectivity index (χ2n) is 8.16. The lowest BCUT2D eigenvalue weighted by molar-refractivity contribution is -0.0226. The SMILES string of the molecule is C[C@]12CC[C@@H]3c4ccc(OS(=O)(=O)O)cc4CC[C@H]3[C@@H]1CC[C@@H]2O.O=S(O)O. The number of hydrogen-bond donors (Lipinski definition) is 4. The third-order valence-corrected chi connectivity index (χ3v) is 7.25. The van der Waals surface area contributed by atoms with Gasteiger partial charge in [0, 0.05) is 0 Å². The highest BCUT2D eigenvalue weighted by molar-refractivity contribution is 7.81. The highest BCUT2D eigenvalue weighted by atomic mass is 32.3. The molecule has 1 aromatic carbocycles. The smallest absolute Gasteiger partial charge is 0.393 e. The van der Waals surface area contributed by atoms with Crippen LogP contribution in [0.5, 0.6) is 5.75 Å². The Bertz CT molecular complexity index is 851. The normalized spacial score (nSPS) is 33.9. The first-order chi connectivity index (χ1) is 13.0. The van der Waals surface area contributed by atoms with Gasteiger partial charge in [0.15, 0.2) is 0 Å². The van der Waals surface area contributed by atoms with Crippen LogP contribution < -0.4 is 4.18 Å². The molecule has 0 unspecified atom stereocenters. The first-order valence-corrected chi connectivity index (χ1v) is 11.7. The Morgan fingerprint density at radius 3 is 2.50 bits per heavy atom. The summed E-state index contributed by atoms with van der Waals surface area (Å²) in [5.74, 6) is 1.83. The minimum absolute atomic E-state index is 0.0622. The summed E-state index contributed by atoms with van der Waals surface area (Å²) < 4.78 is 58.1. The molecule has 0 saturated heterocycles. The van der Waals surface area contributed by atoms with E-state index in [1.165, 1.54) is 5.56 Å². The molecule has 2 saturated carbocycles. The van der Waals surface area contributed by atoms with Crippen LogP contribution in [0.1, 0.15) is 56.1 Å². The molecular weight excluding hydrogens is 408 g/mol. The zero-order chi connectivity index (χ0) is 20.7.